The summed E-state index contributed by atoms with van der Waals surface area (Å²) in [7, 11) is 0. The predicted octanol–water partition coefficient (Wildman–Crippen LogP) is 5.79. The molecule has 3 aromatic carbocycles. The molecule has 0 aromatic heterocycles. The molecule has 34 heavy (non-hydrogen) atoms. The van der Waals surface area contributed by atoms with Gasteiger partial charge in [0.2, 0.25) is 5.91 Å². The lowest BCUT2D eigenvalue weighted by molar-refractivity contribution is -0.137. The van der Waals surface area contributed by atoms with E-state index in [0.29, 0.717) is 13.0 Å². The number of para-hydroxylation sites is 3. The third kappa shape index (κ3) is 6.11. The van der Waals surface area contributed by atoms with Crippen LogP contribution in [0.15, 0.2) is 84.9 Å². The maximum Gasteiger partial charge on any atom is 0.308 e. The second-order valence-electron chi connectivity index (χ2n) is 8.30. The summed E-state index contributed by atoms with van der Waals surface area (Å²) in [6.07, 6.45) is 1.94. The number of amides is 1. The third-order valence-electron chi connectivity index (χ3n) is 5.69. The molecule has 0 spiro atoms. The number of fused-ring (bicyclic) bond motifs is 1. The Hall–Kier alpha value is -3.45. The van der Waals surface area contributed by atoms with Gasteiger partial charge in [-0.15, -0.1) is 11.8 Å². The van der Waals surface area contributed by atoms with Crippen molar-refractivity contribution in [1.29, 1.82) is 0 Å². The van der Waals surface area contributed by atoms with E-state index in [4.69, 9.17) is 0 Å². The number of benzene rings is 3. The van der Waals surface area contributed by atoms with Crippen molar-refractivity contribution in [2.75, 3.05) is 21.3 Å². The van der Waals surface area contributed by atoms with Crippen LogP contribution in [0, 0.1) is 0 Å². The Morgan fingerprint density at radius 3 is 2.03 bits per heavy atom. The Balaban J connectivity index is 1.31. The standard InChI is InChI=1S/C27H29N3O3S/c31-25(30(22-13-5-2-6-14-22)20-21-11-3-1-4-12-21)17-9-10-18-34-27(19-26(32)33)28-23-15-7-8-16-24(23)29-27/h1-8,11-16,28-29H,9-10,17-20H2,(H,32,33). The van der Waals surface area contributed by atoms with Crippen molar-refractivity contribution < 1.29 is 14.7 Å². The summed E-state index contributed by atoms with van der Waals surface area (Å²) in [4.78, 5) is 25.7. The van der Waals surface area contributed by atoms with Gasteiger partial charge in [-0.3, -0.25) is 9.59 Å². The number of anilines is 3. The van der Waals surface area contributed by atoms with Crippen molar-refractivity contribution in [3.8, 4) is 0 Å². The minimum absolute atomic E-state index is 0.0515. The van der Waals surface area contributed by atoms with Crippen LogP contribution in [0.1, 0.15) is 31.2 Å². The molecular weight excluding hydrogens is 446 g/mol. The summed E-state index contributed by atoms with van der Waals surface area (Å²) in [5, 5.41) is 16.1. The topological polar surface area (TPSA) is 81.7 Å². The van der Waals surface area contributed by atoms with Crippen molar-refractivity contribution in [2.45, 2.75) is 37.2 Å². The highest BCUT2D eigenvalue weighted by Gasteiger charge is 2.38. The second kappa shape index (κ2) is 11.1. The van der Waals surface area contributed by atoms with Gasteiger partial charge in [0.05, 0.1) is 24.3 Å². The van der Waals surface area contributed by atoms with Crippen molar-refractivity contribution >= 4 is 40.7 Å². The first-order valence-corrected chi connectivity index (χ1v) is 12.4. The van der Waals surface area contributed by atoms with Gasteiger partial charge in [-0.2, -0.15) is 0 Å². The van der Waals surface area contributed by atoms with Crippen molar-refractivity contribution in [2.24, 2.45) is 0 Å². The van der Waals surface area contributed by atoms with Crippen LogP contribution in [0.5, 0.6) is 0 Å². The van der Waals surface area contributed by atoms with Crippen LogP contribution in [-0.2, 0) is 16.1 Å². The van der Waals surface area contributed by atoms with Crippen LogP contribution in [-0.4, -0.2) is 27.7 Å². The van der Waals surface area contributed by atoms with Gasteiger partial charge < -0.3 is 20.6 Å². The molecule has 3 N–H and O–H groups in total. The van der Waals surface area contributed by atoms with Crippen molar-refractivity contribution in [3.63, 3.8) is 0 Å². The van der Waals surface area contributed by atoms with Crippen LogP contribution < -0.4 is 15.5 Å². The molecule has 7 heteroatoms. The molecule has 0 saturated heterocycles. The lowest BCUT2D eigenvalue weighted by Gasteiger charge is -2.28. The van der Waals surface area contributed by atoms with Crippen LogP contribution >= 0.6 is 11.8 Å². The molecule has 0 bridgehead atoms. The zero-order valence-electron chi connectivity index (χ0n) is 18.9. The van der Waals surface area contributed by atoms with E-state index in [1.165, 1.54) is 0 Å². The number of aliphatic carboxylic acids is 1. The summed E-state index contributed by atoms with van der Waals surface area (Å²) < 4.78 is 0. The molecular formula is C27H29N3O3S. The normalized spacial score (nSPS) is 13.4. The van der Waals surface area contributed by atoms with E-state index in [2.05, 4.69) is 10.6 Å². The monoisotopic (exact) mass is 475 g/mol. The maximum atomic E-state index is 13.1. The van der Waals surface area contributed by atoms with E-state index in [9.17, 15) is 14.7 Å². The van der Waals surface area contributed by atoms with Gasteiger partial charge in [-0.05, 0) is 48.4 Å². The smallest absolute Gasteiger partial charge is 0.308 e. The first-order chi connectivity index (χ1) is 16.5. The van der Waals surface area contributed by atoms with Gasteiger partial charge >= 0.3 is 5.97 Å². The molecule has 176 valence electrons. The number of hydrogen-bond donors (Lipinski definition) is 3. The lowest BCUT2D eigenvalue weighted by Crippen LogP contribution is -2.40. The fraction of sp³-hybridized carbons (Fsp3) is 0.259. The fourth-order valence-corrected chi connectivity index (χ4v) is 5.34. The number of nitrogens with zero attached hydrogens (tertiary/aromatic N) is 1. The SMILES string of the molecule is O=C(O)CC1(SCCCCC(=O)N(Cc2ccccc2)c2ccccc2)Nc2ccccc2N1. The molecule has 0 fully saturated rings. The highest BCUT2D eigenvalue weighted by Crippen LogP contribution is 2.42. The highest BCUT2D eigenvalue weighted by molar-refractivity contribution is 8.00. The minimum atomic E-state index is -0.866. The average molecular weight is 476 g/mol. The molecule has 1 amide bonds. The fourth-order valence-electron chi connectivity index (χ4n) is 4.05. The third-order valence-corrected chi connectivity index (χ3v) is 7.02. The highest BCUT2D eigenvalue weighted by atomic mass is 32.2. The molecule has 0 radical (unpaired) electrons. The Morgan fingerprint density at radius 2 is 1.41 bits per heavy atom. The molecule has 1 heterocycles. The van der Waals surface area contributed by atoms with Crippen molar-refractivity contribution in [1.82, 2.24) is 0 Å². The van der Waals surface area contributed by atoms with Gasteiger partial charge in [0.1, 0.15) is 0 Å². The molecule has 0 aliphatic carbocycles. The van der Waals surface area contributed by atoms with Gasteiger partial charge in [0.15, 0.2) is 4.99 Å². The first-order valence-electron chi connectivity index (χ1n) is 11.5. The second-order valence-corrected chi connectivity index (χ2v) is 9.69. The first kappa shape index (κ1) is 23.7. The number of carbonyl (C=O) groups excluding carboxylic acids is 1. The molecule has 0 unspecified atom stereocenters. The van der Waals surface area contributed by atoms with Crippen LogP contribution in [0.25, 0.3) is 0 Å². The molecule has 3 aromatic rings. The summed E-state index contributed by atoms with van der Waals surface area (Å²) in [5.41, 5.74) is 3.80. The molecule has 0 saturated carbocycles. The van der Waals surface area contributed by atoms with Gasteiger partial charge in [0.25, 0.3) is 0 Å². The Bertz CT molecular complexity index is 1080. The van der Waals surface area contributed by atoms with E-state index in [1.807, 2.05) is 89.8 Å². The van der Waals surface area contributed by atoms with E-state index in [-0.39, 0.29) is 12.3 Å². The lowest BCUT2D eigenvalue weighted by atomic mass is 10.1. The summed E-state index contributed by atoms with van der Waals surface area (Å²) >= 11 is 1.55. The maximum absolute atomic E-state index is 13.1. The number of thioether (sulfide) groups is 1. The van der Waals surface area contributed by atoms with Crippen LogP contribution in [0.2, 0.25) is 0 Å². The molecule has 1 aliphatic heterocycles. The molecule has 6 nitrogen and oxygen atoms in total. The number of unbranched alkanes of at least 4 members (excludes halogenated alkanes) is 1. The Labute approximate surface area is 204 Å². The Morgan fingerprint density at radius 1 is 0.824 bits per heavy atom. The molecule has 4 rings (SSSR count). The number of rotatable bonds is 11. The number of carbonyl (C=O) groups is 2. The zero-order chi connectivity index (χ0) is 23.8. The van der Waals surface area contributed by atoms with E-state index in [1.54, 1.807) is 11.8 Å². The predicted molar refractivity (Wildman–Crippen MR) is 139 cm³/mol. The quantitative estimate of drug-likeness (QED) is 0.305. The minimum Gasteiger partial charge on any atom is -0.481 e. The van der Waals surface area contributed by atoms with E-state index < -0.39 is 11.0 Å². The molecule has 1 aliphatic rings. The summed E-state index contributed by atoms with van der Waals surface area (Å²) in [5.74, 6) is -0.0433. The number of hydrogen-bond acceptors (Lipinski definition) is 5. The summed E-state index contributed by atoms with van der Waals surface area (Å²) in [6, 6.07) is 27.5. The summed E-state index contributed by atoms with van der Waals surface area (Å²) in [6.45, 7) is 0.534. The number of carboxylic acid groups (broad SMARTS) is 1. The largest absolute Gasteiger partial charge is 0.481 e. The van der Waals surface area contributed by atoms with E-state index in [0.717, 1.165) is 41.2 Å². The number of carboxylic acids is 1. The van der Waals surface area contributed by atoms with Gasteiger partial charge in [-0.1, -0.05) is 60.7 Å². The zero-order valence-corrected chi connectivity index (χ0v) is 19.8. The molecule has 0 atom stereocenters. The van der Waals surface area contributed by atoms with Crippen LogP contribution in [0.3, 0.4) is 0 Å². The average Bonchev–Trinajstić information content (AvgIpc) is 3.20. The van der Waals surface area contributed by atoms with Crippen molar-refractivity contribution in [3.05, 3.63) is 90.5 Å². The van der Waals surface area contributed by atoms with Crippen LogP contribution in [0.4, 0.5) is 17.1 Å². The van der Waals surface area contributed by atoms with Gasteiger partial charge in [0, 0.05) is 12.1 Å². The van der Waals surface area contributed by atoms with Gasteiger partial charge in [-0.25, -0.2) is 0 Å². The Kier molecular flexibility index (Phi) is 7.75. The van der Waals surface area contributed by atoms with E-state index >= 15 is 0 Å². The number of nitrogens with one attached hydrogen (secondary N) is 2.